The van der Waals surface area contributed by atoms with Crippen LogP contribution in [0.3, 0.4) is 0 Å². The molecule has 3 nitrogen and oxygen atoms in total. The standard InChI is InChI=1S/C14H15F3O3/c1-3-12(19-2)11(8-9-18)10-6-4-5-7-13(10)20-14(15,16)17/h3-7,9,11-12H,1,8H2,2H3. The van der Waals surface area contributed by atoms with Crippen molar-refractivity contribution >= 4 is 6.29 Å². The van der Waals surface area contributed by atoms with Gasteiger partial charge in [0.2, 0.25) is 0 Å². The lowest BCUT2D eigenvalue weighted by atomic mass is 9.90. The number of ether oxygens (including phenoxy) is 2. The van der Waals surface area contributed by atoms with Crippen LogP contribution in [-0.2, 0) is 9.53 Å². The van der Waals surface area contributed by atoms with E-state index >= 15 is 0 Å². The minimum atomic E-state index is -4.79. The lowest BCUT2D eigenvalue weighted by molar-refractivity contribution is -0.275. The van der Waals surface area contributed by atoms with Crippen LogP contribution in [-0.4, -0.2) is 25.9 Å². The van der Waals surface area contributed by atoms with Gasteiger partial charge in [-0.3, -0.25) is 0 Å². The highest BCUT2D eigenvalue weighted by Crippen LogP contribution is 2.35. The maximum Gasteiger partial charge on any atom is 0.573 e. The highest BCUT2D eigenvalue weighted by Gasteiger charge is 2.33. The minimum Gasteiger partial charge on any atom is -0.405 e. The zero-order chi connectivity index (χ0) is 15.2. The lowest BCUT2D eigenvalue weighted by Crippen LogP contribution is -2.23. The molecule has 0 amide bonds. The topological polar surface area (TPSA) is 35.5 Å². The zero-order valence-electron chi connectivity index (χ0n) is 10.9. The summed E-state index contributed by atoms with van der Waals surface area (Å²) in [5.74, 6) is -0.927. The third-order valence-corrected chi connectivity index (χ3v) is 2.80. The summed E-state index contributed by atoms with van der Waals surface area (Å²) in [5, 5.41) is 0. The van der Waals surface area contributed by atoms with Gasteiger partial charge < -0.3 is 14.3 Å². The normalized spacial score (nSPS) is 14.4. The fourth-order valence-electron chi connectivity index (χ4n) is 1.97. The summed E-state index contributed by atoms with van der Waals surface area (Å²) in [7, 11) is 1.40. The average Bonchev–Trinajstić information content (AvgIpc) is 2.38. The molecule has 2 atom stereocenters. The van der Waals surface area contributed by atoms with E-state index in [0.717, 1.165) is 0 Å². The summed E-state index contributed by atoms with van der Waals surface area (Å²) in [6.07, 6.45) is -3.30. The van der Waals surface area contributed by atoms with E-state index in [0.29, 0.717) is 6.29 Å². The number of methoxy groups -OCH3 is 1. The summed E-state index contributed by atoms with van der Waals surface area (Å²) in [5.41, 5.74) is 0.253. The minimum absolute atomic E-state index is 0.00274. The second kappa shape index (κ2) is 7.09. The zero-order valence-corrected chi connectivity index (χ0v) is 10.9. The van der Waals surface area contributed by atoms with Crippen molar-refractivity contribution in [2.24, 2.45) is 0 Å². The van der Waals surface area contributed by atoms with Crippen molar-refractivity contribution in [2.45, 2.75) is 24.8 Å². The van der Waals surface area contributed by atoms with Gasteiger partial charge in [0.15, 0.2) is 0 Å². The third-order valence-electron chi connectivity index (χ3n) is 2.80. The third kappa shape index (κ3) is 4.38. The largest absolute Gasteiger partial charge is 0.573 e. The molecule has 0 saturated carbocycles. The molecule has 0 spiro atoms. The van der Waals surface area contributed by atoms with Gasteiger partial charge in [-0.15, -0.1) is 19.8 Å². The summed E-state index contributed by atoms with van der Waals surface area (Å²) in [4.78, 5) is 10.8. The van der Waals surface area contributed by atoms with E-state index in [1.165, 1.54) is 31.4 Å². The Bertz CT molecular complexity index is 457. The van der Waals surface area contributed by atoms with Crippen LogP contribution >= 0.6 is 0 Å². The molecule has 6 heteroatoms. The molecule has 0 heterocycles. The maximum atomic E-state index is 12.4. The van der Waals surface area contributed by atoms with E-state index in [9.17, 15) is 18.0 Å². The van der Waals surface area contributed by atoms with E-state index in [1.807, 2.05) is 0 Å². The van der Waals surface area contributed by atoms with Crippen molar-refractivity contribution in [2.75, 3.05) is 7.11 Å². The molecule has 0 N–H and O–H groups in total. The predicted molar refractivity (Wildman–Crippen MR) is 67.5 cm³/mol. The summed E-state index contributed by atoms with van der Waals surface area (Å²) >= 11 is 0. The van der Waals surface area contributed by atoms with Crippen LogP contribution in [0, 0.1) is 0 Å². The number of carbonyl (C=O) groups excluding carboxylic acids is 1. The number of halogens is 3. The van der Waals surface area contributed by atoms with Crippen LogP contribution in [0.1, 0.15) is 17.9 Å². The molecule has 110 valence electrons. The first-order chi connectivity index (χ1) is 9.42. The molecule has 0 aliphatic carbocycles. The van der Waals surface area contributed by atoms with E-state index in [4.69, 9.17) is 4.74 Å². The number of rotatable bonds is 7. The van der Waals surface area contributed by atoms with Gasteiger partial charge in [-0.25, -0.2) is 0 Å². The molecule has 1 aromatic rings. The Morgan fingerprint density at radius 3 is 2.50 bits per heavy atom. The van der Waals surface area contributed by atoms with Crippen molar-refractivity contribution in [1.29, 1.82) is 0 Å². The average molecular weight is 288 g/mol. The second-order valence-electron chi connectivity index (χ2n) is 4.03. The van der Waals surface area contributed by atoms with Crippen molar-refractivity contribution in [3.8, 4) is 5.75 Å². The molecule has 2 unspecified atom stereocenters. The number of para-hydroxylation sites is 1. The fraction of sp³-hybridized carbons (Fsp3) is 0.357. The molecule has 0 fully saturated rings. The van der Waals surface area contributed by atoms with Crippen LogP contribution in [0.15, 0.2) is 36.9 Å². The summed E-state index contributed by atoms with van der Waals surface area (Å²) in [6, 6.07) is 5.69. The first-order valence-corrected chi connectivity index (χ1v) is 5.86. The number of hydrogen-bond acceptors (Lipinski definition) is 3. The van der Waals surface area contributed by atoms with Crippen LogP contribution in [0.5, 0.6) is 5.75 Å². The Hall–Kier alpha value is -1.82. The number of carbonyl (C=O) groups is 1. The smallest absolute Gasteiger partial charge is 0.405 e. The van der Waals surface area contributed by atoms with Gasteiger partial charge in [0.05, 0.1) is 6.10 Å². The van der Waals surface area contributed by atoms with Gasteiger partial charge in [-0.2, -0.15) is 0 Å². The van der Waals surface area contributed by atoms with E-state index < -0.39 is 18.4 Å². The van der Waals surface area contributed by atoms with Crippen LogP contribution < -0.4 is 4.74 Å². The van der Waals surface area contributed by atoms with E-state index in [-0.39, 0.29) is 17.7 Å². The Labute approximate surface area is 115 Å². The summed E-state index contributed by atoms with van der Waals surface area (Å²) in [6.45, 7) is 3.56. The SMILES string of the molecule is C=CC(OC)C(CC=O)c1ccccc1OC(F)(F)F. The molecule has 0 aromatic heterocycles. The van der Waals surface area contributed by atoms with Crippen molar-refractivity contribution < 1.29 is 27.4 Å². The summed E-state index contributed by atoms with van der Waals surface area (Å²) < 4.78 is 46.3. The van der Waals surface area contributed by atoms with Crippen molar-refractivity contribution in [3.63, 3.8) is 0 Å². The van der Waals surface area contributed by atoms with Gasteiger partial charge in [0.1, 0.15) is 12.0 Å². The molecule has 0 radical (unpaired) electrons. The predicted octanol–water partition coefficient (Wildman–Crippen LogP) is 3.46. The van der Waals surface area contributed by atoms with Crippen LogP contribution in [0.4, 0.5) is 13.2 Å². The number of aldehydes is 1. The molecule has 20 heavy (non-hydrogen) atoms. The molecular formula is C14H15F3O3. The van der Waals surface area contributed by atoms with Gasteiger partial charge in [-0.1, -0.05) is 24.3 Å². The second-order valence-corrected chi connectivity index (χ2v) is 4.03. The number of benzene rings is 1. The van der Waals surface area contributed by atoms with Crippen LogP contribution in [0.25, 0.3) is 0 Å². The van der Waals surface area contributed by atoms with E-state index in [1.54, 1.807) is 6.07 Å². The lowest BCUT2D eigenvalue weighted by Gasteiger charge is -2.24. The Morgan fingerprint density at radius 1 is 1.35 bits per heavy atom. The van der Waals surface area contributed by atoms with E-state index in [2.05, 4.69) is 11.3 Å². The van der Waals surface area contributed by atoms with Gasteiger partial charge in [-0.05, 0) is 6.07 Å². The monoisotopic (exact) mass is 288 g/mol. The molecule has 0 saturated heterocycles. The Balaban J connectivity index is 3.19. The first kappa shape index (κ1) is 16.2. The molecule has 0 bridgehead atoms. The molecule has 0 aliphatic rings. The first-order valence-electron chi connectivity index (χ1n) is 5.86. The highest BCUT2D eigenvalue weighted by atomic mass is 19.4. The Morgan fingerprint density at radius 2 is 2.00 bits per heavy atom. The molecule has 1 rings (SSSR count). The molecule has 1 aromatic carbocycles. The quantitative estimate of drug-likeness (QED) is 0.569. The van der Waals surface area contributed by atoms with Crippen molar-refractivity contribution in [1.82, 2.24) is 0 Å². The number of alkyl halides is 3. The van der Waals surface area contributed by atoms with Gasteiger partial charge >= 0.3 is 6.36 Å². The molecular weight excluding hydrogens is 273 g/mol. The van der Waals surface area contributed by atoms with Gasteiger partial charge in [0, 0.05) is 25.0 Å². The fourth-order valence-corrected chi connectivity index (χ4v) is 1.97. The van der Waals surface area contributed by atoms with Gasteiger partial charge in [0.25, 0.3) is 0 Å². The van der Waals surface area contributed by atoms with Crippen molar-refractivity contribution in [3.05, 3.63) is 42.5 Å². The van der Waals surface area contributed by atoms with Crippen LogP contribution in [0.2, 0.25) is 0 Å². The highest BCUT2D eigenvalue weighted by molar-refractivity contribution is 5.53. The molecule has 0 aliphatic heterocycles. The number of hydrogen-bond donors (Lipinski definition) is 0. The Kier molecular flexibility index (Phi) is 5.76. The maximum absolute atomic E-state index is 12.4.